The molecular weight excluding hydrogens is 257 g/mol. The van der Waals surface area contributed by atoms with E-state index in [1.165, 1.54) is 0 Å². The lowest BCUT2D eigenvalue weighted by molar-refractivity contribution is -0.137. The molecule has 0 aliphatic carbocycles. The molecule has 0 saturated heterocycles. The Morgan fingerprint density at radius 1 is 1.73 bits per heavy atom. The molecule has 60 valence electrons. The van der Waals surface area contributed by atoms with Crippen LogP contribution in [0.15, 0.2) is 17.1 Å². The number of halogens is 1. The molecule has 1 heterocycles. The molecule has 0 spiro atoms. The van der Waals surface area contributed by atoms with Crippen LogP contribution in [0.2, 0.25) is 0 Å². The third kappa shape index (κ3) is 2.02. The average Bonchev–Trinajstić information content (AvgIpc) is 2.36. The van der Waals surface area contributed by atoms with E-state index < -0.39 is 11.5 Å². The standard InChI is InChI=1S/C7H8INO2/c8-5-7(4-6(10)11)2-1-3-9-7/h1-3H,4-5H2,(H,10,11). The highest BCUT2D eigenvalue weighted by Gasteiger charge is 2.29. The van der Waals surface area contributed by atoms with Crippen molar-refractivity contribution >= 4 is 34.8 Å². The molecule has 1 N–H and O–H groups in total. The van der Waals surface area contributed by atoms with Crippen LogP contribution in [0, 0.1) is 0 Å². The summed E-state index contributed by atoms with van der Waals surface area (Å²) in [6.07, 6.45) is 5.37. The first-order chi connectivity index (χ1) is 5.18. The third-order valence-electron chi connectivity index (χ3n) is 1.51. The second-order valence-corrected chi connectivity index (χ2v) is 3.21. The molecule has 0 saturated carbocycles. The van der Waals surface area contributed by atoms with Crippen LogP contribution in [0.3, 0.4) is 0 Å². The molecule has 0 aromatic rings. The third-order valence-corrected chi connectivity index (χ3v) is 2.83. The van der Waals surface area contributed by atoms with Crippen LogP contribution in [-0.4, -0.2) is 27.3 Å². The van der Waals surface area contributed by atoms with Gasteiger partial charge in [0.05, 0.1) is 12.0 Å². The molecule has 0 aromatic carbocycles. The maximum Gasteiger partial charge on any atom is 0.306 e. The average molecular weight is 265 g/mol. The van der Waals surface area contributed by atoms with Crippen LogP contribution >= 0.6 is 22.6 Å². The van der Waals surface area contributed by atoms with Crippen LogP contribution in [0.4, 0.5) is 0 Å². The summed E-state index contributed by atoms with van der Waals surface area (Å²) < 4.78 is 0.712. The van der Waals surface area contributed by atoms with E-state index in [1.807, 2.05) is 6.08 Å². The molecule has 4 heteroatoms. The van der Waals surface area contributed by atoms with Gasteiger partial charge in [-0.15, -0.1) is 0 Å². The topological polar surface area (TPSA) is 49.7 Å². The van der Waals surface area contributed by atoms with Gasteiger partial charge in [0.2, 0.25) is 0 Å². The summed E-state index contributed by atoms with van der Waals surface area (Å²) in [5, 5.41) is 8.56. The molecule has 0 radical (unpaired) electrons. The second kappa shape index (κ2) is 3.34. The van der Waals surface area contributed by atoms with Crippen molar-refractivity contribution in [1.29, 1.82) is 0 Å². The summed E-state index contributed by atoms with van der Waals surface area (Å²) in [7, 11) is 0. The predicted octanol–water partition coefficient (Wildman–Crippen LogP) is 1.28. The number of rotatable bonds is 3. The monoisotopic (exact) mass is 265 g/mol. The number of allylic oxidation sites excluding steroid dienone is 1. The van der Waals surface area contributed by atoms with Crippen molar-refractivity contribution in [2.45, 2.75) is 12.0 Å². The van der Waals surface area contributed by atoms with E-state index in [1.54, 1.807) is 12.3 Å². The smallest absolute Gasteiger partial charge is 0.306 e. The largest absolute Gasteiger partial charge is 0.481 e. The van der Waals surface area contributed by atoms with Gasteiger partial charge in [-0.2, -0.15) is 0 Å². The lowest BCUT2D eigenvalue weighted by Crippen LogP contribution is -2.27. The van der Waals surface area contributed by atoms with Gasteiger partial charge in [-0.25, -0.2) is 0 Å². The quantitative estimate of drug-likeness (QED) is 0.617. The van der Waals surface area contributed by atoms with E-state index in [0.717, 1.165) is 0 Å². The number of carbonyl (C=O) groups is 1. The molecule has 0 amide bonds. The van der Waals surface area contributed by atoms with Crippen molar-refractivity contribution in [2.75, 3.05) is 4.43 Å². The minimum Gasteiger partial charge on any atom is -0.481 e. The van der Waals surface area contributed by atoms with E-state index in [0.29, 0.717) is 4.43 Å². The molecule has 1 aliphatic heterocycles. The van der Waals surface area contributed by atoms with E-state index in [2.05, 4.69) is 27.6 Å². The van der Waals surface area contributed by atoms with Gasteiger partial charge in [0.25, 0.3) is 0 Å². The Bertz CT molecular complexity index is 210. The fraction of sp³-hybridized carbons (Fsp3) is 0.429. The maximum atomic E-state index is 10.4. The molecule has 11 heavy (non-hydrogen) atoms. The van der Waals surface area contributed by atoms with Crippen LogP contribution in [0.5, 0.6) is 0 Å². The van der Waals surface area contributed by atoms with Gasteiger partial charge in [0.15, 0.2) is 0 Å². The van der Waals surface area contributed by atoms with Gasteiger partial charge in [-0.3, -0.25) is 9.79 Å². The Morgan fingerprint density at radius 2 is 2.45 bits per heavy atom. The molecule has 1 rings (SSSR count). The number of hydrogen-bond acceptors (Lipinski definition) is 2. The summed E-state index contributed by atoms with van der Waals surface area (Å²) in [6.45, 7) is 0. The summed E-state index contributed by atoms with van der Waals surface area (Å²) in [4.78, 5) is 14.5. The first-order valence-corrected chi connectivity index (χ1v) is 4.72. The molecule has 1 aliphatic rings. The van der Waals surface area contributed by atoms with Gasteiger partial charge >= 0.3 is 5.97 Å². The zero-order valence-corrected chi connectivity index (χ0v) is 7.98. The predicted molar refractivity (Wildman–Crippen MR) is 51.5 cm³/mol. The number of hydrogen-bond donors (Lipinski definition) is 1. The molecule has 1 atom stereocenters. The first-order valence-electron chi connectivity index (χ1n) is 3.19. The molecule has 0 fully saturated rings. The van der Waals surface area contributed by atoms with Crippen molar-refractivity contribution in [3.05, 3.63) is 12.2 Å². The number of nitrogens with zero attached hydrogens (tertiary/aromatic N) is 1. The highest BCUT2D eigenvalue weighted by atomic mass is 127. The molecule has 1 unspecified atom stereocenters. The summed E-state index contributed by atoms with van der Waals surface area (Å²) >= 11 is 2.15. The zero-order valence-electron chi connectivity index (χ0n) is 5.83. The van der Waals surface area contributed by atoms with Crippen molar-refractivity contribution in [3.63, 3.8) is 0 Å². The van der Waals surface area contributed by atoms with E-state index in [9.17, 15) is 4.79 Å². The lowest BCUT2D eigenvalue weighted by atomic mass is 10.0. The Morgan fingerprint density at radius 3 is 2.82 bits per heavy atom. The number of aliphatic imine (C=N–C) groups is 1. The second-order valence-electron chi connectivity index (χ2n) is 2.45. The molecule has 0 bridgehead atoms. The van der Waals surface area contributed by atoms with Gasteiger partial charge in [0, 0.05) is 10.6 Å². The number of carboxylic acids is 1. The number of carboxylic acid groups (broad SMARTS) is 1. The van der Waals surface area contributed by atoms with Crippen LogP contribution < -0.4 is 0 Å². The number of aliphatic carboxylic acids is 1. The van der Waals surface area contributed by atoms with Crippen molar-refractivity contribution in [1.82, 2.24) is 0 Å². The van der Waals surface area contributed by atoms with Crippen LogP contribution in [0.1, 0.15) is 6.42 Å². The van der Waals surface area contributed by atoms with Crippen molar-refractivity contribution in [3.8, 4) is 0 Å². The lowest BCUT2D eigenvalue weighted by Gasteiger charge is -2.17. The highest BCUT2D eigenvalue weighted by molar-refractivity contribution is 14.1. The normalized spacial score (nSPS) is 27.7. The fourth-order valence-electron chi connectivity index (χ4n) is 0.949. The van der Waals surface area contributed by atoms with Gasteiger partial charge in [-0.1, -0.05) is 28.7 Å². The highest BCUT2D eigenvalue weighted by Crippen LogP contribution is 2.23. The molecule has 3 nitrogen and oxygen atoms in total. The van der Waals surface area contributed by atoms with Crippen molar-refractivity contribution < 1.29 is 9.90 Å². The minimum absolute atomic E-state index is 0.0862. The minimum atomic E-state index is -0.801. The van der Waals surface area contributed by atoms with Gasteiger partial charge in [0.1, 0.15) is 0 Å². The van der Waals surface area contributed by atoms with E-state index in [-0.39, 0.29) is 6.42 Å². The zero-order chi connectivity index (χ0) is 8.32. The van der Waals surface area contributed by atoms with Crippen LogP contribution in [0.25, 0.3) is 0 Å². The van der Waals surface area contributed by atoms with Gasteiger partial charge in [-0.05, 0) is 6.08 Å². The van der Waals surface area contributed by atoms with E-state index in [4.69, 9.17) is 5.11 Å². The summed E-state index contributed by atoms with van der Waals surface area (Å²) in [6, 6.07) is 0. The molecule has 0 aromatic heterocycles. The Balaban J connectivity index is 2.69. The fourth-order valence-corrected chi connectivity index (χ4v) is 1.67. The number of alkyl halides is 1. The summed E-state index contributed by atoms with van der Waals surface area (Å²) in [5.41, 5.74) is -0.466. The Labute approximate surface area is 78.3 Å². The van der Waals surface area contributed by atoms with Crippen LogP contribution in [-0.2, 0) is 4.79 Å². The Kier molecular flexibility index (Phi) is 2.64. The van der Waals surface area contributed by atoms with Crippen molar-refractivity contribution in [2.24, 2.45) is 4.99 Å². The summed E-state index contributed by atoms with van der Waals surface area (Å²) in [5.74, 6) is -0.801. The SMILES string of the molecule is O=C(O)CC1(CI)C=CC=N1. The first kappa shape index (κ1) is 8.70. The van der Waals surface area contributed by atoms with E-state index >= 15 is 0 Å². The Hall–Kier alpha value is -0.390. The maximum absolute atomic E-state index is 10.4. The molecular formula is C7H8INO2. The van der Waals surface area contributed by atoms with Gasteiger partial charge < -0.3 is 5.11 Å².